The summed E-state index contributed by atoms with van der Waals surface area (Å²) in [6.45, 7) is 0.632. The van der Waals surface area contributed by atoms with Crippen LogP contribution in [0.2, 0.25) is 5.02 Å². The predicted molar refractivity (Wildman–Crippen MR) is 125 cm³/mol. The summed E-state index contributed by atoms with van der Waals surface area (Å²) >= 11 is 6.82. The van der Waals surface area contributed by atoms with Gasteiger partial charge in [0.25, 0.3) is 10.0 Å². The van der Waals surface area contributed by atoms with Gasteiger partial charge in [-0.05, 0) is 42.8 Å². The van der Waals surface area contributed by atoms with Gasteiger partial charge in [-0.3, -0.25) is 14.5 Å². The molecule has 8 nitrogen and oxygen atoms in total. The Kier molecular flexibility index (Phi) is 8.30. The molecule has 2 aromatic rings. The normalized spacial score (nSPS) is 17.7. The van der Waals surface area contributed by atoms with Gasteiger partial charge in [-0.25, -0.2) is 0 Å². The lowest BCUT2D eigenvalue weighted by Gasteiger charge is -2.16. The number of rotatable bonds is 9. The van der Waals surface area contributed by atoms with Crippen LogP contribution in [0.3, 0.4) is 0 Å². The van der Waals surface area contributed by atoms with Crippen LogP contribution in [-0.2, 0) is 24.3 Å². The number of amides is 2. The van der Waals surface area contributed by atoms with Crippen LogP contribution in [0.4, 0.5) is 5.69 Å². The van der Waals surface area contributed by atoms with Crippen LogP contribution in [0.1, 0.15) is 12.8 Å². The molecule has 170 valence electrons. The van der Waals surface area contributed by atoms with Crippen molar-refractivity contribution in [2.24, 2.45) is 4.40 Å². The zero-order valence-electron chi connectivity index (χ0n) is 17.2. The number of anilines is 1. The number of carbonyl (C=O) groups is 2. The van der Waals surface area contributed by atoms with Crippen molar-refractivity contribution in [1.82, 2.24) is 4.90 Å². The summed E-state index contributed by atoms with van der Waals surface area (Å²) in [5.41, 5.74) is 0.548. The Balaban J connectivity index is 1.77. The molecule has 1 aliphatic heterocycles. The van der Waals surface area contributed by atoms with E-state index in [1.54, 1.807) is 49.6 Å². The maximum Gasteiger partial charge on any atom is 0.284 e. The molecule has 1 heterocycles. The molecule has 0 bridgehead atoms. The maximum absolute atomic E-state index is 13.0. The van der Waals surface area contributed by atoms with Gasteiger partial charge in [0.15, 0.2) is 5.17 Å². The van der Waals surface area contributed by atoms with Crippen LogP contribution in [0, 0.1) is 0 Å². The summed E-state index contributed by atoms with van der Waals surface area (Å²) in [7, 11) is -2.47. The highest BCUT2D eigenvalue weighted by Crippen LogP contribution is 2.31. The van der Waals surface area contributed by atoms with E-state index in [1.807, 2.05) is 0 Å². The lowest BCUT2D eigenvalue weighted by molar-refractivity contribution is -0.128. The molecule has 0 radical (unpaired) electrons. The number of nitrogens with zero attached hydrogens (tertiary/aromatic N) is 2. The molecular formula is C21H22ClN3O5S2. The molecule has 0 aliphatic carbocycles. The van der Waals surface area contributed by atoms with Crippen molar-refractivity contribution in [2.45, 2.75) is 23.0 Å². The highest BCUT2D eigenvalue weighted by Gasteiger charge is 2.40. The van der Waals surface area contributed by atoms with Crippen LogP contribution >= 0.6 is 23.4 Å². The van der Waals surface area contributed by atoms with E-state index in [9.17, 15) is 18.0 Å². The molecule has 1 saturated heterocycles. The number of nitrogens with one attached hydrogen (secondary N) is 1. The Morgan fingerprint density at radius 3 is 2.53 bits per heavy atom. The second-order valence-corrected chi connectivity index (χ2v) is 10.1. The van der Waals surface area contributed by atoms with Crippen molar-refractivity contribution in [3.05, 3.63) is 59.6 Å². The fourth-order valence-electron chi connectivity index (χ4n) is 2.94. The van der Waals surface area contributed by atoms with E-state index in [4.69, 9.17) is 16.3 Å². The number of halogens is 1. The van der Waals surface area contributed by atoms with Crippen molar-refractivity contribution in [3.63, 3.8) is 0 Å². The number of hydrogen-bond acceptors (Lipinski definition) is 6. The highest BCUT2D eigenvalue weighted by atomic mass is 35.5. The van der Waals surface area contributed by atoms with Gasteiger partial charge >= 0.3 is 0 Å². The zero-order chi connectivity index (χ0) is 23.1. The van der Waals surface area contributed by atoms with Crippen molar-refractivity contribution >= 4 is 56.1 Å². The fourth-order valence-corrected chi connectivity index (χ4v) is 5.47. The van der Waals surface area contributed by atoms with Crippen molar-refractivity contribution in [1.29, 1.82) is 0 Å². The van der Waals surface area contributed by atoms with E-state index in [2.05, 4.69) is 9.71 Å². The van der Waals surface area contributed by atoms with E-state index in [0.717, 1.165) is 11.8 Å². The molecule has 2 aromatic carbocycles. The molecule has 0 aromatic heterocycles. The third-order valence-corrected chi connectivity index (χ3v) is 7.31. The Hall–Kier alpha value is -2.40. The minimum absolute atomic E-state index is 0.0290. The monoisotopic (exact) mass is 495 g/mol. The largest absolute Gasteiger partial charge is 0.385 e. The average Bonchev–Trinajstić information content (AvgIpc) is 3.04. The minimum atomic E-state index is -4.01. The first kappa shape index (κ1) is 24.2. The van der Waals surface area contributed by atoms with Crippen LogP contribution in [0.5, 0.6) is 0 Å². The number of ether oxygens (including phenoxy) is 1. The summed E-state index contributed by atoms with van der Waals surface area (Å²) < 4.78 is 34.4. The van der Waals surface area contributed by atoms with Gasteiger partial charge in [-0.1, -0.05) is 41.6 Å². The van der Waals surface area contributed by atoms with E-state index in [-0.39, 0.29) is 34.8 Å². The Morgan fingerprint density at radius 1 is 1.19 bits per heavy atom. The summed E-state index contributed by atoms with van der Waals surface area (Å²) in [6, 6.07) is 14.4. The van der Waals surface area contributed by atoms with Crippen LogP contribution < -0.4 is 5.32 Å². The first-order valence-corrected chi connectivity index (χ1v) is 12.4. The molecule has 1 N–H and O–H groups in total. The van der Waals surface area contributed by atoms with Crippen LogP contribution in [0.15, 0.2) is 63.9 Å². The second kappa shape index (κ2) is 11.0. The van der Waals surface area contributed by atoms with Gasteiger partial charge < -0.3 is 10.1 Å². The van der Waals surface area contributed by atoms with Gasteiger partial charge in [0.2, 0.25) is 11.8 Å². The molecule has 1 atom stereocenters. The topological polar surface area (TPSA) is 105 Å². The second-order valence-electron chi connectivity index (χ2n) is 6.86. The predicted octanol–water partition coefficient (Wildman–Crippen LogP) is 3.39. The summed E-state index contributed by atoms with van der Waals surface area (Å²) in [6.07, 6.45) is 0.369. The van der Waals surface area contributed by atoms with E-state index >= 15 is 0 Å². The van der Waals surface area contributed by atoms with Crippen LogP contribution in [0.25, 0.3) is 0 Å². The number of thioether (sulfide) groups is 1. The van der Waals surface area contributed by atoms with Gasteiger partial charge in [0.05, 0.1) is 4.90 Å². The summed E-state index contributed by atoms with van der Waals surface area (Å²) in [5, 5.41) is 2.52. The molecule has 1 fully saturated rings. The lowest BCUT2D eigenvalue weighted by Crippen LogP contribution is -2.35. The van der Waals surface area contributed by atoms with Gasteiger partial charge in [0.1, 0.15) is 5.25 Å². The Labute approximate surface area is 196 Å². The number of hydrogen-bond donors (Lipinski definition) is 1. The number of carbonyl (C=O) groups excluding carboxylic acids is 2. The number of amidine groups is 1. The molecule has 32 heavy (non-hydrogen) atoms. The number of sulfonamides is 1. The Bertz CT molecular complexity index is 1090. The summed E-state index contributed by atoms with van der Waals surface area (Å²) in [4.78, 5) is 26.8. The minimum Gasteiger partial charge on any atom is -0.385 e. The van der Waals surface area contributed by atoms with Crippen molar-refractivity contribution in [2.75, 3.05) is 25.6 Å². The van der Waals surface area contributed by atoms with E-state index in [1.165, 1.54) is 17.0 Å². The van der Waals surface area contributed by atoms with E-state index in [0.29, 0.717) is 23.7 Å². The maximum atomic E-state index is 13.0. The molecule has 0 saturated carbocycles. The first-order chi connectivity index (χ1) is 15.3. The van der Waals surface area contributed by atoms with Gasteiger partial charge in [0, 0.05) is 37.4 Å². The first-order valence-electron chi connectivity index (χ1n) is 9.72. The molecule has 1 aliphatic rings. The SMILES string of the molecule is COCCCN1C(=O)C(CC(=O)Nc2ccc(Cl)cc2)S/C1=N\S(=O)(=O)c1ccccc1. The lowest BCUT2D eigenvalue weighted by atomic mass is 10.2. The van der Waals surface area contributed by atoms with Gasteiger partial charge in [-0.2, -0.15) is 8.42 Å². The molecule has 1 unspecified atom stereocenters. The molecule has 3 rings (SSSR count). The Morgan fingerprint density at radius 2 is 1.88 bits per heavy atom. The quantitative estimate of drug-likeness (QED) is 0.534. The number of benzene rings is 2. The standard InChI is InChI=1S/C21H22ClN3O5S2/c1-30-13-5-12-25-20(27)18(14-19(26)23-16-10-8-15(22)9-11-16)31-21(25)24-32(28,29)17-6-3-2-4-7-17/h2-4,6-11,18H,5,12-14H2,1H3,(H,23,26)/b24-21-. The molecule has 2 amide bonds. The van der Waals surface area contributed by atoms with Gasteiger partial charge in [-0.15, -0.1) is 4.40 Å². The van der Waals surface area contributed by atoms with E-state index < -0.39 is 15.3 Å². The van der Waals surface area contributed by atoms with Crippen molar-refractivity contribution < 1.29 is 22.7 Å². The fraction of sp³-hybridized carbons (Fsp3) is 0.286. The van der Waals surface area contributed by atoms with Crippen LogP contribution in [-0.4, -0.2) is 55.8 Å². The van der Waals surface area contributed by atoms with Crippen molar-refractivity contribution in [3.8, 4) is 0 Å². The average molecular weight is 496 g/mol. The number of methoxy groups -OCH3 is 1. The molecule has 11 heteroatoms. The highest BCUT2D eigenvalue weighted by molar-refractivity contribution is 8.16. The third kappa shape index (κ3) is 6.32. The zero-order valence-corrected chi connectivity index (χ0v) is 19.6. The molecular weight excluding hydrogens is 474 g/mol. The summed E-state index contributed by atoms with van der Waals surface area (Å²) in [5.74, 6) is -0.735. The molecule has 0 spiro atoms. The smallest absolute Gasteiger partial charge is 0.284 e. The third-order valence-electron chi connectivity index (χ3n) is 4.49.